The second-order valence-electron chi connectivity index (χ2n) is 2.04. The zero-order valence-electron chi connectivity index (χ0n) is 6.47. The van der Waals surface area contributed by atoms with Gasteiger partial charge in [0.2, 0.25) is 0 Å². The van der Waals surface area contributed by atoms with Crippen LogP contribution in [0.4, 0.5) is 0 Å². The van der Waals surface area contributed by atoms with E-state index < -0.39 is 5.97 Å². The molecule has 0 amide bonds. The van der Waals surface area contributed by atoms with Gasteiger partial charge in [0.25, 0.3) is 0 Å². The highest BCUT2D eigenvalue weighted by Gasteiger charge is 1.98. The highest BCUT2D eigenvalue weighted by molar-refractivity contribution is 6.17. The fraction of sp³-hybridized carbons (Fsp3) is 0.375. The van der Waals surface area contributed by atoms with Gasteiger partial charge in [0, 0.05) is 11.5 Å². The second-order valence-corrected chi connectivity index (χ2v) is 2.41. The van der Waals surface area contributed by atoms with Crippen molar-refractivity contribution in [3.8, 4) is 0 Å². The third kappa shape index (κ3) is 5.67. The van der Waals surface area contributed by atoms with Gasteiger partial charge in [-0.05, 0) is 19.4 Å². The van der Waals surface area contributed by atoms with E-state index in [0.29, 0.717) is 17.9 Å². The van der Waals surface area contributed by atoms with Crippen molar-refractivity contribution in [2.24, 2.45) is 0 Å². The van der Waals surface area contributed by atoms with Gasteiger partial charge in [-0.25, -0.2) is 4.79 Å². The minimum atomic E-state index is -0.407. The number of hydrogen-bond acceptors (Lipinski definition) is 2. The van der Waals surface area contributed by atoms with E-state index in [1.165, 1.54) is 6.26 Å². The molecule has 2 nitrogen and oxygen atoms in total. The highest BCUT2D eigenvalue weighted by atomic mass is 35.5. The molecule has 0 aliphatic rings. The molecule has 0 aromatic rings. The fourth-order valence-corrected chi connectivity index (χ4v) is 0.468. The van der Waals surface area contributed by atoms with E-state index in [0.717, 1.165) is 0 Å². The molecule has 0 bridgehead atoms. The first kappa shape index (κ1) is 10.2. The van der Waals surface area contributed by atoms with Crippen LogP contribution in [-0.2, 0) is 9.53 Å². The molecular weight excluding hydrogens is 164 g/mol. The number of halogens is 1. The van der Waals surface area contributed by atoms with E-state index in [-0.39, 0.29) is 0 Å². The first-order valence-corrected chi connectivity index (χ1v) is 3.79. The van der Waals surface area contributed by atoms with Gasteiger partial charge in [0.15, 0.2) is 0 Å². The molecule has 0 spiro atoms. The molecule has 11 heavy (non-hydrogen) atoms. The number of alkyl halides is 1. The van der Waals surface area contributed by atoms with E-state index in [1.54, 1.807) is 13.0 Å². The number of esters is 1. The summed E-state index contributed by atoms with van der Waals surface area (Å²) >= 11 is 5.37. The van der Waals surface area contributed by atoms with Crippen LogP contribution in [0.25, 0.3) is 0 Å². The first-order valence-electron chi connectivity index (χ1n) is 3.26. The molecule has 62 valence electrons. The Morgan fingerprint density at radius 3 is 2.82 bits per heavy atom. The summed E-state index contributed by atoms with van der Waals surface area (Å²) in [5, 5.41) is 0. The largest absolute Gasteiger partial charge is 0.431 e. The first-order chi connectivity index (χ1) is 5.18. The Morgan fingerprint density at radius 1 is 1.73 bits per heavy atom. The summed E-state index contributed by atoms with van der Waals surface area (Å²) in [5.41, 5.74) is 0.389. The topological polar surface area (TPSA) is 26.3 Å². The zero-order valence-corrected chi connectivity index (χ0v) is 7.23. The minimum absolute atomic E-state index is 0.389. The van der Waals surface area contributed by atoms with Gasteiger partial charge >= 0.3 is 5.97 Å². The normalized spacial score (nSPS) is 10.0. The average Bonchev–Trinajstić information content (AvgIpc) is 1.97. The van der Waals surface area contributed by atoms with Gasteiger partial charge < -0.3 is 4.74 Å². The van der Waals surface area contributed by atoms with E-state index in [2.05, 4.69) is 11.3 Å². The molecule has 3 heteroatoms. The van der Waals surface area contributed by atoms with Gasteiger partial charge in [-0.15, -0.1) is 11.6 Å². The molecule has 0 heterocycles. The molecule has 0 aromatic heterocycles. The van der Waals surface area contributed by atoms with Crippen LogP contribution in [0.1, 0.15) is 13.3 Å². The van der Waals surface area contributed by atoms with Crippen LogP contribution in [0.5, 0.6) is 0 Å². The van der Waals surface area contributed by atoms with Crippen LogP contribution >= 0.6 is 11.6 Å². The molecule has 0 atom stereocenters. The average molecular weight is 175 g/mol. The Bertz CT molecular complexity index is 173. The molecule has 0 radical (unpaired) electrons. The molecule has 0 unspecified atom stereocenters. The smallest absolute Gasteiger partial charge is 0.337 e. The Kier molecular flexibility index (Phi) is 5.57. The van der Waals surface area contributed by atoms with Crippen LogP contribution in [0.3, 0.4) is 0 Å². The van der Waals surface area contributed by atoms with Gasteiger partial charge in [0.1, 0.15) is 0 Å². The molecule has 0 saturated carbocycles. The summed E-state index contributed by atoms with van der Waals surface area (Å²) in [4.78, 5) is 10.7. The standard InChI is InChI=1S/C8H11ClO2/c1-7(2)8(10)11-6-4-3-5-9/h4,6H,1,3,5H2,2H3. The number of carbonyl (C=O) groups excluding carboxylic acids is 1. The summed E-state index contributed by atoms with van der Waals surface area (Å²) in [6.45, 7) is 5.01. The Balaban J connectivity index is 3.53. The lowest BCUT2D eigenvalue weighted by Crippen LogP contribution is -1.98. The predicted octanol–water partition coefficient (Wildman–Crippen LogP) is 2.25. The summed E-state index contributed by atoms with van der Waals surface area (Å²) in [7, 11) is 0. The number of carbonyl (C=O) groups is 1. The van der Waals surface area contributed by atoms with E-state index in [1.807, 2.05) is 0 Å². The quantitative estimate of drug-likeness (QED) is 0.283. The van der Waals surface area contributed by atoms with E-state index in [9.17, 15) is 4.79 Å². The second kappa shape index (κ2) is 5.98. The van der Waals surface area contributed by atoms with Gasteiger partial charge in [-0.1, -0.05) is 6.58 Å². The fourth-order valence-electron chi connectivity index (χ4n) is 0.342. The van der Waals surface area contributed by atoms with Gasteiger partial charge in [-0.2, -0.15) is 0 Å². The summed E-state index contributed by atoms with van der Waals surface area (Å²) < 4.78 is 4.63. The Labute approximate surface area is 71.5 Å². The lowest BCUT2D eigenvalue weighted by atomic mass is 10.4. The van der Waals surface area contributed by atoms with Crippen molar-refractivity contribution < 1.29 is 9.53 Å². The Hall–Kier alpha value is -0.760. The van der Waals surface area contributed by atoms with E-state index >= 15 is 0 Å². The van der Waals surface area contributed by atoms with Crippen molar-refractivity contribution in [1.29, 1.82) is 0 Å². The summed E-state index contributed by atoms with van der Waals surface area (Å²) in [6, 6.07) is 0. The Morgan fingerprint density at radius 2 is 2.36 bits per heavy atom. The third-order valence-electron chi connectivity index (χ3n) is 0.896. The maximum Gasteiger partial charge on any atom is 0.337 e. The molecule has 0 fully saturated rings. The number of allylic oxidation sites excluding steroid dienone is 1. The number of hydrogen-bond donors (Lipinski definition) is 0. The van der Waals surface area contributed by atoms with Crippen molar-refractivity contribution in [2.75, 3.05) is 5.88 Å². The number of ether oxygens (including phenoxy) is 1. The highest BCUT2D eigenvalue weighted by Crippen LogP contribution is 1.93. The molecule has 0 aliphatic heterocycles. The lowest BCUT2D eigenvalue weighted by Gasteiger charge is -1.94. The number of rotatable bonds is 4. The summed E-state index contributed by atoms with van der Waals surface area (Å²) in [5.74, 6) is 0.122. The van der Waals surface area contributed by atoms with Gasteiger partial charge in [-0.3, -0.25) is 0 Å². The van der Waals surface area contributed by atoms with E-state index in [4.69, 9.17) is 11.6 Å². The molecule has 0 aliphatic carbocycles. The van der Waals surface area contributed by atoms with Crippen molar-refractivity contribution in [3.05, 3.63) is 24.5 Å². The zero-order chi connectivity index (χ0) is 8.69. The van der Waals surface area contributed by atoms with Crippen molar-refractivity contribution in [2.45, 2.75) is 13.3 Å². The summed E-state index contributed by atoms with van der Waals surface area (Å²) in [6.07, 6.45) is 3.72. The molecule has 0 N–H and O–H groups in total. The maximum absolute atomic E-state index is 10.7. The van der Waals surface area contributed by atoms with Gasteiger partial charge in [0.05, 0.1) is 6.26 Å². The lowest BCUT2D eigenvalue weighted by molar-refractivity contribution is -0.133. The maximum atomic E-state index is 10.7. The molecule has 0 rings (SSSR count). The molecule has 0 aromatic carbocycles. The van der Waals surface area contributed by atoms with Crippen molar-refractivity contribution in [1.82, 2.24) is 0 Å². The van der Waals surface area contributed by atoms with Crippen LogP contribution < -0.4 is 0 Å². The van der Waals surface area contributed by atoms with Crippen LogP contribution in [-0.4, -0.2) is 11.8 Å². The van der Waals surface area contributed by atoms with Crippen molar-refractivity contribution >= 4 is 17.6 Å². The molecule has 0 saturated heterocycles. The van der Waals surface area contributed by atoms with Crippen LogP contribution in [0.2, 0.25) is 0 Å². The van der Waals surface area contributed by atoms with Crippen LogP contribution in [0, 0.1) is 0 Å². The van der Waals surface area contributed by atoms with Crippen LogP contribution in [0.15, 0.2) is 24.5 Å². The van der Waals surface area contributed by atoms with Crippen molar-refractivity contribution in [3.63, 3.8) is 0 Å². The predicted molar refractivity (Wildman–Crippen MR) is 45.4 cm³/mol. The molecular formula is C8H11ClO2. The SMILES string of the molecule is C=C(C)C(=O)OC=CCCCl. The monoisotopic (exact) mass is 174 g/mol. The minimum Gasteiger partial charge on any atom is -0.431 e. The third-order valence-corrected chi connectivity index (χ3v) is 1.11.